The molecule has 1 aromatic carbocycles. The molecule has 2 unspecified atom stereocenters. The van der Waals surface area contributed by atoms with Crippen molar-refractivity contribution in [3.05, 3.63) is 29.8 Å². The smallest absolute Gasteiger partial charge is 0.324 e. The van der Waals surface area contributed by atoms with Gasteiger partial charge < -0.3 is 10.4 Å². The fourth-order valence-corrected chi connectivity index (χ4v) is 4.48. The largest absolute Gasteiger partial charge is 0.480 e. The number of likely N-dealkylation sites (N-methyl/N-ethyl adjacent to an activating group) is 1. The molecule has 21 heavy (non-hydrogen) atoms. The minimum absolute atomic E-state index is 0.243. The number of hydrogen-bond acceptors (Lipinski definition) is 3. The minimum atomic E-state index is -0.693. The van der Waals surface area contributed by atoms with Crippen molar-refractivity contribution >= 4 is 17.7 Å². The van der Waals surface area contributed by atoms with Crippen LogP contribution in [-0.2, 0) is 4.79 Å². The molecular formula is C17H25NO2S. The van der Waals surface area contributed by atoms with Crippen LogP contribution < -0.4 is 5.32 Å². The van der Waals surface area contributed by atoms with Crippen LogP contribution in [0.5, 0.6) is 0 Å². The molecule has 0 saturated heterocycles. The highest BCUT2D eigenvalue weighted by atomic mass is 32.2. The van der Waals surface area contributed by atoms with E-state index >= 15 is 0 Å². The standard InChI is InChI=1S/C17H25NO2S/c1-3-18-17(16(19)20)10-5-7-14(17)9-11-21-15-8-4-6-13(2)12-15/h4,6,8,12,14,18H,3,5,7,9-11H2,1-2H3,(H,19,20). The SMILES string of the molecule is CCNC1(C(=O)O)CCCC1CCSc1cccc(C)c1. The molecule has 0 amide bonds. The van der Waals surface area contributed by atoms with Crippen molar-refractivity contribution in [3.63, 3.8) is 0 Å². The lowest BCUT2D eigenvalue weighted by Gasteiger charge is -2.32. The van der Waals surface area contributed by atoms with Gasteiger partial charge in [0.05, 0.1) is 0 Å². The van der Waals surface area contributed by atoms with E-state index in [9.17, 15) is 9.90 Å². The second-order valence-corrected chi connectivity index (χ2v) is 7.02. The number of carboxylic acid groups (broad SMARTS) is 1. The lowest BCUT2D eigenvalue weighted by molar-refractivity contribution is -0.146. The summed E-state index contributed by atoms with van der Waals surface area (Å²) < 4.78 is 0. The lowest BCUT2D eigenvalue weighted by Crippen LogP contribution is -2.54. The summed E-state index contributed by atoms with van der Waals surface area (Å²) >= 11 is 1.83. The molecule has 4 heteroatoms. The van der Waals surface area contributed by atoms with Crippen LogP contribution in [0.1, 0.15) is 38.2 Å². The van der Waals surface area contributed by atoms with Gasteiger partial charge in [-0.1, -0.05) is 31.0 Å². The van der Waals surface area contributed by atoms with Gasteiger partial charge in [-0.2, -0.15) is 0 Å². The van der Waals surface area contributed by atoms with Gasteiger partial charge in [0.2, 0.25) is 0 Å². The molecule has 0 aromatic heterocycles. The van der Waals surface area contributed by atoms with E-state index in [0.717, 1.165) is 31.4 Å². The summed E-state index contributed by atoms with van der Waals surface area (Å²) in [6.07, 6.45) is 3.75. The van der Waals surface area contributed by atoms with Crippen LogP contribution in [-0.4, -0.2) is 28.9 Å². The zero-order valence-electron chi connectivity index (χ0n) is 12.9. The van der Waals surface area contributed by atoms with Crippen molar-refractivity contribution < 1.29 is 9.90 Å². The van der Waals surface area contributed by atoms with E-state index in [1.165, 1.54) is 10.5 Å². The number of rotatable bonds is 7. The van der Waals surface area contributed by atoms with Crippen molar-refractivity contribution in [2.75, 3.05) is 12.3 Å². The second kappa shape index (κ2) is 7.32. The fraction of sp³-hybridized carbons (Fsp3) is 0.588. The van der Waals surface area contributed by atoms with Gasteiger partial charge in [-0.05, 0) is 56.5 Å². The highest BCUT2D eigenvalue weighted by Gasteiger charge is 2.48. The summed E-state index contributed by atoms with van der Waals surface area (Å²) in [6, 6.07) is 8.49. The molecule has 0 aliphatic heterocycles. The lowest BCUT2D eigenvalue weighted by atomic mass is 9.85. The number of aliphatic carboxylic acids is 1. The number of nitrogens with one attached hydrogen (secondary N) is 1. The Hall–Kier alpha value is -1.00. The predicted octanol–water partition coefficient (Wildman–Crippen LogP) is 3.71. The highest BCUT2D eigenvalue weighted by Crippen LogP contribution is 2.39. The Morgan fingerprint density at radius 1 is 1.52 bits per heavy atom. The predicted molar refractivity (Wildman–Crippen MR) is 87.9 cm³/mol. The average Bonchev–Trinajstić information content (AvgIpc) is 2.84. The number of thioether (sulfide) groups is 1. The van der Waals surface area contributed by atoms with Crippen molar-refractivity contribution in [2.45, 2.75) is 50.0 Å². The zero-order valence-corrected chi connectivity index (χ0v) is 13.7. The van der Waals surface area contributed by atoms with E-state index in [1.807, 2.05) is 18.7 Å². The molecule has 0 radical (unpaired) electrons. The van der Waals surface area contributed by atoms with Gasteiger partial charge in [0.15, 0.2) is 0 Å². The molecule has 1 saturated carbocycles. The molecule has 2 atom stereocenters. The van der Waals surface area contributed by atoms with Gasteiger partial charge in [-0.25, -0.2) is 0 Å². The third kappa shape index (κ3) is 3.80. The highest BCUT2D eigenvalue weighted by molar-refractivity contribution is 7.99. The van der Waals surface area contributed by atoms with E-state index in [1.54, 1.807) is 0 Å². The fourth-order valence-electron chi connectivity index (χ4n) is 3.40. The molecule has 1 aliphatic carbocycles. The summed E-state index contributed by atoms with van der Waals surface area (Å²) in [6.45, 7) is 4.80. The first-order valence-corrected chi connectivity index (χ1v) is 8.75. The molecule has 2 N–H and O–H groups in total. The van der Waals surface area contributed by atoms with E-state index < -0.39 is 11.5 Å². The molecule has 1 aliphatic rings. The summed E-state index contributed by atoms with van der Waals surface area (Å²) in [5.41, 5.74) is 0.579. The normalized spacial score (nSPS) is 25.1. The van der Waals surface area contributed by atoms with E-state index in [4.69, 9.17) is 0 Å². The second-order valence-electron chi connectivity index (χ2n) is 5.85. The molecule has 0 bridgehead atoms. The number of hydrogen-bond donors (Lipinski definition) is 2. The third-order valence-electron chi connectivity index (χ3n) is 4.42. The van der Waals surface area contributed by atoms with E-state index in [-0.39, 0.29) is 5.92 Å². The quantitative estimate of drug-likeness (QED) is 0.754. The van der Waals surface area contributed by atoms with Crippen molar-refractivity contribution in [2.24, 2.45) is 5.92 Å². The third-order valence-corrected chi connectivity index (χ3v) is 5.45. The van der Waals surface area contributed by atoms with E-state index in [2.05, 4.69) is 36.5 Å². The Balaban J connectivity index is 1.93. The average molecular weight is 307 g/mol. The Morgan fingerprint density at radius 3 is 3.00 bits per heavy atom. The Labute approximate surface area is 131 Å². The molecule has 3 nitrogen and oxygen atoms in total. The molecule has 1 aromatic rings. The van der Waals surface area contributed by atoms with Gasteiger partial charge in [-0.3, -0.25) is 4.79 Å². The molecule has 116 valence electrons. The van der Waals surface area contributed by atoms with Crippen LogP contribution in [0.15, 0.2) is 29.2 Å². The number of carbonyl (C=O) groups is 1. The first-order valence-electron chi connectivity index (χ1n) is 7.76. The van der Waals surface area contributed by atoms with Gasteiger partial charge in [0.25, 0.3) is 0 Å². The van der Waals surface area contributed by atoms with Crippen LogP contribution in [0.3, 0.4) is 0 Å². The molecule has 0 spiro atoms. The Kier molecular flexibility index (Phi) is 5.71. The molecule has 0 heterocycles. The maximum absolute atomic E-state index is 11.7. The van der Waals surface area contributed by atoms with Gasteiger partial charge >= 0.3 is 5.97 Å². The Morgan fingerprint density at radius 2 is 2.33 bits per heavy atom. The zero-order chi connectivity index (χ0) is 15.3. The topological polar surface area (TPSA) is 49.3 Å². The first-order chi connectivity index (χ1) is 10.1. The summed E-state index contributed by atoms with van der Waals surface area (Å²) in [7, 11) is 0. The van der Waals surface area contributed by atoms with Crippen molar-refractivity contribution in [1.82, 2.24) is 5.32 Å². The molecule has 1 fully saturated rings. The maximum Gasteiger partial charge on any atom is 0.324 e. The van der Waals surface area contributed by atoms with Gasteiger partial charge in [0.1, 0.15) is 5.54 Å². The van der Waals surface area contributed by atoms with Crippen LogP contribution in [0.25, 0.3) is 0 Å². The Bertz CT molecular complexity index is 491. The molecular weight excluding hydrogens is 282 g/mol. The summed E-state index contributed by atoms with van der Waals surface area (Å²) in [4.78, 5) is 13.0. The number of carboxylic acids is 1. The van der Waals surface area contributed by atoms with Crippen LogP contribution in [0.2, 0.25) is 0 Å². The monoisotopic (exact) mass is 307 g/mol. The summed E-state index contributed by atoms with van der Waals surface area (Å²) in [5, 5.41) is 12.9. The van der Waals surface area contributed by atoms with Crippen LogP contribution >= 0.6 is 11.8 Å². The minimum Gasteiger partial charge on any atom is -0.480 e. The molecule has 2 rings (SSSR count). The first kappa shape index (κ1) is 16.4. The van der Waals surface area contributed by atoms with Crippen LogP contribution in [0.4, 0.5) is 0 Å². The number of benzene rings is 1. The van der Waals surface area contributed by atoms with Gasteiger partial charge in [-0.15, -0.1) is 11.8 Å². The number of aryl methyl sites for hydroxylation is 1. The van der Waals surface area contributed by atoms with Gasteiger partial charge in [0, 0.05) is 4.90 Å². The van der Waals surface area contributed by atoms with Crippen molar-refractivity contribution in [1.29, 1.82) is 0 Å². The summed E-state index contributed by atoms with van der Waals surface area (Å²) in [5.74, 6) is 0.550. The maximum atomic E-state index is 11.7. The van der Waals surface area contributed by atoms with Crippen LogP contribution in [0, 0.1) is 12.8 Å². The van der Waals surface area contributed by atoms with Crippen molar-refractivity contribution in [3.8, 4) is 0 Å². The van der Waals surface area contributed by atoms with E-state index in [0.29, 0.717) is 6.54 Å².